The largest absolute Gasteiger partial charge is 0.355 e. The molecule has 0 saturated carbocycles. The maximum atomic E-state index is 13.0. The standard InChI is InChI=1S/C24H28N6OS/c1-15(2)30-20-12-18(7-5-17(20)13-25-30)26-23(31)21-11-16-6-8-22(27-24(16)32-21)29-10-9-19(14-29)28(3)4/h5-8,11-13,15,19H,9-10,14H2,1-4H3,(H,26,31). The average Bonchev–Trinajstić information content (AvgIpc) is 3.49. The number of aromatic nitrogens is 3. The van der Waals surface area contributed by atoms with Gasteiger partial charge in [-0.3, -0.25) is 9.48 Å². The van der Waals surface area contributed by atoms with Crippen molar-refractivity contribution in [2.75, 3.05) is 37.4 Å². The molecular weight excluding hydrogens is 420 g/mol. The van der Waals surface area contributed by atoms with Crippen molar-refractivity contribution in [1.29, 1.82) is 0 Å². The quantitative estimate of drug-likeness (QED) is 0.483. The first-order valence-electron chi connectivity index (χ1n) is 11.0. The number of carbonyl (C=O) groups is 1. The summed E-state index contributed by atoms with van der Waals surface area (Å²) in [6.45, 7) is 6.19. The molecule has 1 saturated heterocycles. The number of amides is 1. The number of anilines is 2. The number of thiophene rings is 1. The topological polar surface area (TPSA) is 66.3 Å². The third kappa shape index (κ3) is 3.84. The lowest BCUT2D eigenvalue weighted by Gasteiger charge is -2.21. The Morgan fingerprint density at radius 3 is 2.75 bits per heavy atom. The molecule has 1 unspecified atom stereocenters. The Morgan fingerprint density at radius 1 is 1.19 bits per heavy atom. The molecule has 0 aliphatic carbocycles. The summed E-state index contributed by atoms with van der Waals surface area (Å²) in [5.74, 6) is 0.876. The highest BCUT2D eigenvalue weighted by atomic mass is 32.1. The predicted octanol–water partition coefficient (Wildman–Crippen LogP) is 4.62. The first-order chi connectivity index (χ1) is 15.4. The van der Waals surface area contributed by atoms with Crippen LogP contribution in [0.15, 0.2) is 42.6 Å². The number of carbonyl (C=O) groups excluding carboxylic acids is 1. The number of pyridine rings is 1. The Balaban J connectivity index is 1.36. The van der Waals surface area contributed by atoms with Crippen LogP contribution in [0.3, 0.4) is 0 Å². The number of nitrogens with zero attached hydrogens (tertiary/aromatic N) is 5. The molecule has 166 valence electrons. The lowest BCUT2D eigenvalue weighted by molar-refractivity contribution is 0.103. The number of hydrogen-bond donors (Lipinski definition) is 1. The molecule has 1 aliphatic rings. The molecular formula is C24H28N6OS. The molecule has 1 atom stereocenters. The Bertz CT molecular complexity index is 1290. The van der Waals surface area contributed by atoms with Crippen LogP contribution in [0.5, 0.6) is 0 Å². The monoisotopic (exact) mass is 448 g/mol. The molecule has 4 heterocycles. The van der Waals surface area contributed by atoms with Gasteiger partial charge in [-0.15, -0.1) is 11.3 Å². The second-order valence-corrected chi connectivity index (χ2v) is 9.97. The molecule has 5 rings (SSSR count). The van der Waals surface area contributed by atoms with Gasteiger partial charge >= 0.3 is 0 Å². The van der Waals surface area contributed by atoms with E-state index in [2.05, 4.69) is 60.3 Å². The van der Waals surface area contributed by atoms with Crippen LogP contribution >= 0.6 is 11.3 Å². The zero-order chi connectivity index (χ0) is 22.4. The van der Waals surface area contributed by atoms with Crippen LogP contribution in [0.2, 0.25) is 0 Å². The Hall–Kier alpha value is -2.97. The SMILES string of the molecule is CC(C)n1ncc2ccc(NC(=O)c3cc4ccc(N5CCC(N(C)C)C5)nc4s3)cc21. The summed E-state index contributed by atoms with van der Waals surface area (Å²) in [6.07, 6.45) is 3.00. The van der Waals surface area contributed by atoms with Gasteiger partial charge in [0.25, 0.3) is 5.91 Å². The fourth-order valence-electron chi connectivity index (χ4n) is 4.29. The van der Waals surface area contributed by atoms with Gasteiger partial charge in [-0.1, -0.05) is 0 Å². The van der Waals surface area contributed by atoms with E-state index in [1.165, 1.54) is 11.3 Å². The smallest absolute Gasteiger partial charge is 0.265 e. The van der Waals surface area contributed by atoms with Gasteiger partial charge in [0.05, 0.1) is 16.6 Å². The highest BCUT2D eigenvalue weighted by Gasteiger charge is 2.25. The second kappa shape index (κ2) is 8.18. The van der Waals surface area contributed by atoms with Gasteiger partial charge in [-0.2, -0.15) is 5.10 Å². The molecule has 1 fully saturated rings. The molecule has 3 aromatic heterocycles. The first kappa shape index (κ1) is 20.9. The van der Waals surface area contributed by atoms with Crippen molar-refractivity contribution < 1.29 is 4.79 Å². The highest BCUT2D eigenvalue weighted by molar-refractivity contribution is 7.20. The van der Waals surface area contributed by atoms with E-state index in [-0.39, 0.29) is 11.9 Å². The zero-order valence-corrected chi connectivity index (χ0v) is 19.7. The number of hydrogen-bond acceptors (Lipinski definition) is 6. The van der Waals surface area contributed by atoms with E-state index < -0.39 is 0 Å². The summed E-state index contributed by atoms with van der Waals surface area (Å²) in [6, 6.07) is 12.8. The van der Waals surface area contributed by atoms with Gasteiger partial charge in [0.1, 0.15) is 10.6 Å². The minimum Gasteiger partial charge on any atom is -0.355 e. The normalized spacial score (nSPS) is 16.7. The van der Waals surface area contributed by atoms with Crippen molar-refractivity contribution in [2.24, 2.45) is 0 Å². The fourth-order valence-corrected chi connectivity index (χ4v) is 5.21. The summed E-state index contributed by atoms with van der Waals surface area (Å²) in [5, 5.41) is 9.55. The number of fused-ring (bicyclic) bond motifs is 2. The minimum absolute atomic E-state index is 0.113. The predicted molar refractivity (Wildman–Crippen MR) is 132 cm³/mol. The van der Waals surface area contributed by atoms with Crippen LogP contribution in [0.1, 0.15) is 36.0 Å². The van der Waals surface area contributed by atoms with Crippen LogP contribution < -0.4 is 10.2 Å². The molecule has 1 aliphatic heterocycles. The van der Waals surface area contributed by atoms with Gasteiger partial charge in [0.2, 0.25) is 0 Å². The maximum Gasteiger partial charge on any atom is 0.265 e. The Labute approximate surface area is 191 Å². The second-order valence-electron chi connectivity index (χ2n) is 8.94. The summed E-state index contributed by atoms with van der Waals surface area (Å²) in [7, 11) is 4.26. The van der Waals surface area contributed by atoms with Crippen LogP contribution in [-0.2, 0) is 0 Å². The van der Waals surface area contributed by atoms with Crippen LogP contribution in [0, 0.1) is 0 Å². The molecule has 4 aromatic rings. The van der Waals surface area contributed by atoms with Gasteiger partial charge < -0.3 is 15.1 Å². The lowest BCUT2D eigenvalue weighted by Crippen LogP contribution is -2.31. The van der Waals surface area contributed by atoms with Crippen LogP contribution in [-0.4, -0.2) is 58.8 Å². The third-order valence-electron chi connectivity index (χ3n) is 6.16. The number of benzene rings is 1. The molecule has 1 amide bonds. The maximum absolute atomic E-state index is 13.0. The summed E-state index contributed by atoms with van der Waals surface area (Å²) < 4.78 is 1.97. The van der Waals surface area contributed by atoms with Gasteiger partial charge in [-0.05, 0) is 70.8 Å². The summed E-state index contributed by atoms with van der Waals surface area (Å²) in [4.78, 5) is 24.0. The molecule has 1 aromatic carbocycles. The van der Waals surface area contributed by atoms with Crippen molar-refractivity contribution in [3.8, 4) is 0 Å². The van der Waals surface area contributed by atoms with Gasteiger partial charge in [-0.25, -0.2) is 4.98 Å². The van der Waals surface area contributed by atoms with Gasteiger partial charge in [0, 0.05) is 41.6 Å². The van der Waals surface area contributed by atoms with E-state index in [1.807, 2.05) is 35.1 Å². The Morgan fingerprint density at radius 2 is 2.00 bits per heavy atom. The van der Waals surface area contributed by atoms with Crippen molar-refractivity contribution in [2.45, 2.75) is 32.4 Å². The molecule has 0 radical (unpaired) electrons. The van der Waals surface area contributed by atoms with Gasteiger partial charge in [0.15, 0.2) is 0 Å². The zero-order valence-electron chi connectivity index (χ0n) is 18.9. The number of nitrogens with one attached hydrogen (secondary N) is 1. The van der Waals surface area contributed by atoms with E-state index in [9.17, 15) is 4.79 Å². The average molecular weight is 449 g/mol. The first-order valence-corrected chi connectivity index (χ1v) is 11.8. The van der Waals surface area contributed by atoms with Crippen LogP contribution in [0.4, 0.5) is 11.5 Å². The van der Waals surface area contributed by atoms with Crippen LogP contribution in [0.25, 0.3) is 21.1 Å². The molecule has 0 spiro atoms. The Kier molecular flexibility index (Phi) is 5.35. The molecule has 0 bridgehead atoms. The fraction of sp³-hybridized carbons (Fsp3) is 0.375. The van der Waals surface area contributed by atoms with E-state index in [0.717, 1.165) is 52.1 Å². The molecule has 1 N–H and O–H groups in total. The van der Waals surface area contributed by atoms with Crippen molar-refractivity contribution in [1.82, 2.24) is 19.7 Å². The van der Waals surface area contributed by atoms with E-state index in [0.29, 0.717) is 10.9 Å². The molecule has 7 nitrogen and oxygen atoms in total. The number of rotatable bonds is 5. The van der Waals surface area contributed by atoms with E-state index >= 15 is 0 Å². The minimum atomic E-state index is -0.113. The van der Waals surface area contributed by atoms with E-state index in [1.54, 1.807) is 0 Å². The molecule has 32 heavy (non-hydrogen) atoms. The highest BCUT2D eigenvalue weighted by Crippen LogP contribution is 2.29. The van der Waals surface area contributed by atoms with E-state index in [4.69, 9.17) is 4.98 Å². The third-order valence-corrected chi connectivity index (χ3v) is 7.20. The molecule has 8 heteroatoms. The lowest BCUT2D eigenvalue weighted by atomic mass is 10.2. The van der Waals surface area contributed by atoms with Crippen molar-refractivity contribution in [3.05, 3.63) is 47.5 Å². The summed E-state index contributed by atoms with van der Waals surface area (Å²) >= 11 is 1.44. The van der Waals surface area contributed by atoms with Crippen molar-refractivity contribution >= 4 is 49.9 Å². The van der Waals surface area contributed by atoms with Crippen molar-refractivity contribution in [3.63, 3.8) is 0 Å². The summed E-state index contributed by atoms with van der Waals surface area (Å²) in [5.41, 5.74) is 1.78. The number of likely N-dealkylation sites (N-methyl/N-ethyl adjacent to an activating group) is 1.